The third kappa shape index (κ3) is 15.3. The molecule has 0 unspecified atom stereocenters. The molecule has 0 fully saturated rings. The molecule has 0 radical (unpaired) electrons. The van der Waals surface area contributed by atoms with E-state index in [9.17, 15) is 0 Å². The molecule has 0 aliphatic rings. The van der Waals surface area contributed by atoms with Crippen molar-refractivity contribution in [2.24, 2.45) is 0 Å². The van der Waals surface area contributed by atoms with E-state index < -0.39 is 0 Å². The van der Waals surface area contributed by atoms with E-state index in [1.54, 1.807) is 20.9 Å². The van der Waals surface area contributed by atoms with Crippen LogP contribution in [0.25, 0.3) is 0 Å². The highest BCUT2D eigenvalue weighted by molar-refractivity contribution is 7.12. The molecule has 0 aromatic carbocycles. The van der Waals surface area contributed by atoms with Gasteiger partial charge < -0.3 is 8.83 Å². The third-order valence-electron chi connectivity index (χ3n) is 10.1. The van der Waals surface area contributed by atoms with Crippen LogP contribution in [0.5, 0.6) is 0 Å². The number of thiophene rings is 2. The summed E-state index contributed by atoms with van der Waals surface area (Å²) in [6, 6.07) is 9.28. The highest BCUT2D eigenvalue weighted by atomic mass is 32.1. The summed E-state index contributed by atoms with van der Waals surface area (Å²) in [5.41, 5.74) is 5.88. The first kappa shape index (κ1) is 52.0. The fraction of sp³-hybridized carbons (Fsp3) is 0.692. The van der Waals surface area contributed by atoms with Gasteiger partial charge in [0.15, 0.2) is 0 Å². The molecule has 0 saturated carbocycles. The Bertz CT molecular complexity index is 1320. The van der Waals surface area contributed by atoms with Crippen molar-refractivity contribution in [1.29, 1.82) is 0 Å². The molecule has 0 aliphatic carbocycles. The van der Waals surface area contributed by atoms with Gasteiger partial charge in [-0.2, -0.15) is 0 Å². The Labute approximate surface area is 356 Å². The predicted octanol–water partition coefficient (Wildman–Crippen LogP) is 19.5. The van der Waals surface area contributed by atoms with Crippen LogP contribution in [-0.2, 0) is 0 Å². The van der Waals surface area contributed by atoms with Gasteiger partial charge in [0.25, 0.3) is 0 Å². The molecule has 4 heterocycles. The van der Waals surface area contributed by atoms with Gasteiger partial charge in [-0.15, -0.1) is 22.7 Å². The number of hydrogen-bond donors (Lipinski definition) is 0. The van der Waals surface area contributed by atoms with Crippen LogP contribution in [0.2, 0.25) is 0 Å². The van der Waals surface area contributed by atoms with Crippen molar-refractivity contribution in [3.63, 3.8) is 0 Å². The average molecular weight is 809 g/mol. The van der Waals surface area contributed by atoms with E-state index in [-0.39, 0.29) is 0 Å². The van der Waals surface area contributed by atoms with Gasteiger partial charge in [0.2, 0.25) is 0 Å². The second-order valence-electron chi connectivity index (χ2n) is 19.7. The molecule has 0 N–H and O–H groups in total. The van der Waals surface area contributed by atoms with Crippen molar-refractivity contribution in [1.82, 2.24) is 0 Å². The van der Waals surface area contributed by atoms with Crippen LogP contribution in [0.4, 0.5) is 0 Å². The van der Waals surface area contributed by atoms with Crippen LogP contribution < -0.4 is 0 Å². The fourth-order valence-corrected chi connectivity index (χ4v) is 9.15. The standard InChI is InChI=1S/2C13H22O.2C13H22S/c4*1-8(2)11-7-12(9(3)4)14-13(11)10(5)6/h4*7-10H,1-6H3. The summed E-state index contributed by atoms with van der Waals surface area (Å²) < 4.78 is 11.8. The Morgan fingerprint density at radius 1 is 0.286 bits per heavy atom. The van der Waals surface area contributed by atoms with Gasteiger partial charge in [0, 0.05) is 43.2 Å². The summed E-state index contributed by atoms with van der Waals surface area (Å²) in [6.45, 7) is 53.8. The van der Waals surface area contributed by atoms with Crippen LogP contribution in [-0.4, -0.2) is 0 Å². The largest absolute Gasteiger partial charge is 0.465 e. The molecule has 320 valence electrons. The first-order valence-electron chi connectivity index (χ1n) is 22.3. The monoisotopic (exact) mass is 809 g/mol. The van der Waals surface area contributed by atoms with Crippen molar-refractivity contribution >= 4 is 22.7 Å². The Morgan fingerprint density at radius 3 is 0.696 bits per heavy atom. The maximum absolute atomic E-state index is 5.90. The van der Waals surface area contributed by atoms with Gasteiger partial charge in [-0.3, -0.25) is 0 Å². The molecule has 0 bridgehead atoms. The maximum Gasteiger partial charge on any atom is 0.110 e. The summed E-state index contributed by atoms with van der Waals surface area (Å²) in [4.78, 5) is 6.25. The lowest BCUT2D eigenvalue weighted by Gasteiger charge is -2.08. The molecular formula is C52H88O2S2. The minimum atomic E-state index is 0.486. The van der Waals surface area contributed by atoms with E-state index >= 15 is 0 Å². The highest BCUT2D eigenvalue weighted by Crippen LogP contribution is 2.39. The van der Waals surface area contributed by atoms with E-state index in [0.717, 1.165) is 11.5 Å². The summed E-state index contributed by atoms with van der Waals surface area (Å²) in [5, 5.41) is 0. The average Bonchev–Trinajstić information content (AvgIpc) is 3.89. The summed E-state index contributed by atoms with van der Waals surface area (Å²) in [7, 11) is 0. The zero-order chi connectivity index (χ0) is 43.5. The van der Waals surface area contributed by atoms with Crippen LogP contribution in [0.15, 0.2) is 33.1 Å². The molecule has 0 spiro atoms. The molecule has 0 atom stereocenters. The predicted molar refractivity (Wildman–Crippen MR) is 255 cm³/mol. The van der Waals surface area contributed by atoms with Crippen molar-refractivity contribution in [2.75, 3.05) is 0 Å². The van der Waals surface area contributed by atoms with Gasteiger partial charge in [0.1, 0.15) is 23.0 Å². The first-order chi connectivity index (χ1) is 25.7. The van der Waals surface area contributed by atoms with Crippen molar-refractivity contribution < 1.29 is 8.83 Å². The molecule has 4 heteroatoms. The van der Waals surface area contributed by atoms with Gasteiger partial charge in [-0.1, -0.05) is 166 Å². The van der Waals surface area contributed by atoms with E-state index in [4.69, 9.17) is 8.83 Å². The van der Waals surface area contributed by atoms with Gasteiger partial charge in [-0.25, -0.2) is 0 Å². The number of furan rings is 2. The molecule has 4 aromatic rings. The molecule has 2 nitrogen and oxygen atoms in total. The topological polar surface area (TPSA) is 26.3 Å². The molecule has 0 saturated heterocycles. The Kier molecular flexibility index (Phi) is 21.8. The second-order valence-corrected chi connectivity index (χ2v) is 22.0. The lowest BCUT2D eigenvalue weighted by molar-refractivity contribution is 0.428. The quantitative estimate of drug-likeness (QED) is 0.142. The molecule has 4 rings (SSSR count). The molecular weight excluding hydrogens is 721 g/mol. The van der Waals surface area contributed by atoms with Gasteiger partial charge in [-0.05, 0) is 93.9 Å². The Balaban J connectivity index is 0.000000373. The van der Waals surface area contributed by atoms with Crippen LogP contribution in [0.1, 0.15) is 302 Å². The van der Waals surface area contributed by atoms with Gasteiger partial charge >= 0.3 is 0 Å². The van der Waals surface area contributed by atoms with E-state index in [1.165, 1.54) is 32.4 Å². The Morgan fingerprint density at radius 2 is 0.554 bits per heavy atom. The maximum atomic E-state index is 5.90. The van der Waals surface area contributed by atoms with Gasteiger partial charge in [0.05, 0.1) is 0 Å². The lowest BCUT2D eigenvalue weighted by Crippen LogP contribution is -1.93. The van der Waals surface area contributed by atoms with Crippen LogP contribution in [0.3, 0.4) is 0 Å². The van der Waals surface area contributed by atoms with Crippen LogP contribution >= 0.6 is 22.7 Å². The SMILES string of the molecule is CC(C)c1cc(C(C)C)c(C(C)C)o1.CC(C)c1cc(C(C)C)c(C(C)C)o1.CC(C)c1cc(C(C)C)c(C(C)C)s1.CC(C)c1cc(C(C)C)c(C(C)C)s1. The van der Waals surface area contributed by atoms with Crippen molar-refractivity contribution in [3.8, 4) is 0 Å². The lowest BCUT2D eigenvalue weighted by atomic mass is 9.97. The molecule has 4 aromatic heterocycles. The van der Waals surface area contributed by atoms with E-state index in [0.29, 0.717) is 71.0 Å². The van der Waals surface area contributed by atoms with Crippen molar-refractivity contribution in [3.05, 3.63) is 89.1 Å². The Hall–Kier alpha value is -2.04. The summed E-state index contributed by atoms with van der Waals surface area (Å²) in [5.74, 6) is 11.7. The van der Waals surface area contributed by atoms with E-state index in [1.807, 2.05) is 22.7 Å². The smallest absolute Gasteiger partial charge is 0.110 e. The first-order valence-corrected chi connectivity index (χ1v) is 23.9. The van der Waals surface area contributed by atoms with Crippen LogP contribution in [0, 0.1) is 0 Å². The summed E-state index contributed by atoms with van der Waals surface area (Å²) in [6.07, 6.45) is 0. The number of rotatable bonds is 12. The minimum Gasteiger partial charge on any atom is -0.465 e. The summed E-state index contributed by atoms with van der Waals surface area (Å²) >= 11 is 4.01. The fourth-order valence-electron chi connectivity index (χ4n) is 6.51. The van der Waals surface area contributed by atoms with Crippen molar-refractivity contribution in [2.45, 2.75) is 237 Å². The molecule has 0 amide bonds. The highest BCUT2D eigenvalue weighted by Gasteiger charge is 2.20. The zero-order valence-electron chi connectivity index (χ0n) is 40.9. The number of hydrogen-bond acceptors (Lipinski definition) is 4. The molecule has 0 aliphatic heterocycles. The zero-order valence-corrected chi connectivity index (χ0v) is 42.5. The third-order valence-corrected chi connectivity index (χ3v) is 13.6. The van der Waals surface area contributed by atoms with E-state index in [2.05, 4.69) is 190 Å². The normalized spacial score (nSPS) is 12.1. The second kappa shape index (κ2) is 23.5. The minimum absolute atomic E-state index is 0.486. The molecule has 56 heavy (non-hydrogen) atoms.